The van der Waals surface area contributed by atoms with Gasteiger partial charge in [-0.15, -0.1) is 0 Å². The Kier molecular flexibility index (Phi) is 5.81. The first-order chi connectivity index (χ1) is 14.2. The molecule has 1 saturated heterocycles. The molecule has 1 fully saturated rings. The zero-order chi connectivity index (χ0) is 20.2. The minimum absolute atomic E-state index is 0.116. The lowest BCUT2D eigenvalue weighted by Gasteiger charge is -2.34. The van der Waals surface area contributed by atoms with Crippen LogP contribution >= 0.6 is 11.6 Å². The Labute approximate surface area is 174 Å². The third kappa shape index (κ3) is 4.27. The molecule has 0 aliphatic carbocycles. The van der Waals surface area contributed by atoms with Gasteiger partial charge in [-0.1, -0.05) is 23.7 Å². The second-order valence-corrected chi connectivity index (χ2v) is 7.48. The van der Waals surface area contributed by atoms with E-state index in [0.29, 0.717) is 35.3 Å². The van der Waals surface area contributed by atoms with E-state index in [-0.39, 0.29) is 11.9 Å². The summed E-state index contributed by atoms with van der Waals surface area (Å²) in [6.07, 6.45) is 6.72. The van der Waals surface area contributed by atoms with Crippen molar-refractivity contribution in [2.75, 3.05) is 13.7 Å². The standard InChI is InChI=1S/C22H22ClN3O3/c1-28-20-18(8-5-10-24-20)22(27)26-11-3-2-9-19(26)21-25-14-17(29-21)13-15-6-4-7-16(23)12-15/h4-8,10,12,14,19H,2-3,9,11,13H2,1H3/t19-/m1/s1. The van der Waals surface area contributed by atoms with Crippen LogP contribution in [-0.2, 0) is 6.42 Å². The van der Waals surface area contributed by atoms with Crippen LogP contribution in [0.1, 0.15) is 52.9 Å². The van der Waals surface area contributed by atoms with Crippen molar-refractivity contribution < 1.29 is 13.9 Å². The first kappa shape index (κ1) is 19.5. The van der Waals surface area contributed by atoms with E-state index in [0.717, 1.165) is 30.6 Å². The Morgan fingerprint density at radius 3 is 3.00 bits per heavy atom. The number of halogens is 1. The van der Waals surface area contributed by atoms with Crippen LogP contribution in [-0.4, -0.2) is 34.4 Å². The number of hydrogen-bond acceptors (Lipinski definition) is 5. The smallest absolute Gasteiger partial charge is 0.260 e. The van der Waals surface area contributed by atoms with E-state index < -0.39 is 0 Å². The number of carbonyl (C=O) groups is 1. The molecule has 29 heavy (non-hydrogen) atoms. The molecule has 1 aliphatic rings. The summed E-state index contributed by atoms with van der Waals surface area (Å²) in [5, 5.41) is 0.691. The molecule has 3 aromatic rings. The van der Waals surface area contributed by atoms with Crippen molar-refractivity contribution in [2.45, 2.75) is 31.7 Å². The van der Waals surface area contributed by atoms with E-state index in [2.05, 4.69) is 9.97 Å². The molecule has 0 unspecified atom stereocenters. The highest BCUT2D eigenvalue weighted by Crippen LogP contribution is 2.33. The van der Waals surface area contributed by atoms with Crippen molar-refractivity contribution in [3.8, 4) is 5.88 Å². The summed E-state index contributed by atoms with van der Waals surface area (Å²) < 4.78 is 11.3. The summed E-state index contributed by atoms with van der Waals surface area (Å²) in [4.78, 5) is 23.7. The van der Waals surface area contributed by atoms with E-state index in [1.807, 2.05) is 29.2 Å². The maximum Gasteiger partial charge on any atom is 0.260 e. The van der Waals surface area contributed by atoms with Crippen molar-refractivity contribution in [3.63, 3.8) is 0 Å². The van der Waals surface area contributed by atoms with E-state index in [4.69, 9.17) is 20.8 Å². The van der Waals surface area contributed by atoms with Crippen molar-refractivity contribution in [2.24, 2.45) is 0 Å². The Hall–Kier alpha value is -2.86. The average molecular weight is 412 g/mol. The lowest BCUT2D eigenvalue weighted by molar-refractivity contribution is 0.0566. The van der Waals surface area contributed by atoms with Crippen LogP contribution in [0.4, 0.5) is 0 Å². The largest absolute Gasteiger partial charge is 0.480 e. The summed E-state index contributed by atoms with van der Waals surface area (Å²) in [5.74, 6) is 1.53. The van der Waals surface area contributed by atoms with Gasteiger partial charge in [0.05, 0.1) is 13.3 Å². The SMILES string of the molecule is COc1ncccc1C(=O)N1CCCC[C@@H]1c1ncc(Cc2cccc(Cl)c2)o1. The van der Waals surface area contributed by atoms with Crippen LogP contribution in [0.2, 0.25) is 5.02 Å². The second-order valence-electron chi connectivity index (χ2n) is 7.04. The van der Waals surface area contributed by atoms with Gasteiger partial charge in [-0.25, -0.2) is 9.97 Å². The fourth-order valence-electron chi connectivity index (χ4n) is 3.71. The molecule has 0 saturated carbocycles. The van der Waals surface area contributed by atoms with Crippen LogP contribution in [0.3, 0.4) is 0 Å². The van der Waals surface area contributed by atoms with Crippen molar-refractivity contribution >= 4 is 17.5 Å². The molecule has 1 atom stereocenters. The number of likely N-dealkylation sites (tertiary alicyclic amines) is 1. The number of aromatic nitrogens is 2. The normalized spacial score (nSPS) is 16.6. The summed E-state index contributed by atoms with van der Waals surface area (Å²) in [5.41, 5.74) is 1.50. The van der Waals surface area contributed by atoms with Gasteiger partial charge in [-0.05, 0) is 49.1 Å². The Morgan fingerprint density at radius 1 is 1.28 bits per heavy atom. The molecule has 0 radical (unpaired) electrons. The van der Waals surface area contributed by atoms with E-state index in [9.17, 15) is 4.79 Å². The monoisotopic (exact) mass is 411 g/mol. The van der Waals surface area contributed by atoms with Gasteiger partial charge in [0.15, 0.2) is 0 Å². The van der Waals surface area contributed by atoms with Gasteiger partial charge in [0.25, 0.3) is 5.91 Å². The van der Waals surface area contributed by atoms with E-state index in [1.54, 1.807) is 24.5 Å². The van der Waals surface area contributed by atoms with Gasteiger partial charge in [0, 0.05) is 24.2 Å². The third-order valence-corrected chi connectivity index (χ3v) is 5.32. The summed E-state index contributed by atoms with van der Waals surface area (Å²) in [6, 6.07) is 10.9. The molecule has 150 valence electrons. The van der Waals surface area contributed by atoms with Gasteiger partial charge < -0.3 is 14.1 Å². The number of rotatable bonds is 5. The molecule has 1 amide bonds. The minimum Gasteiger partial charge on any atom is -0.480 e. The quantitative estimate of drug-likeness (QED) is 0.609. The zero-order valence-corrected chi connectivity index (χ0v) is 16.9. The van der Waals surface area contributed by atoms with Crippen LogP contribution in [0.25, 0.3) is 0 Å². The highest BCUT2D eigenvalue weighted by molar-refractivity contribution is 6.30. The van der Waals surface area contributed by atoms with Gasteiger partial charge >= 0.3 is 0 Å². The molecule has 7 heteroatoms. The van der Waals surface area contributed by atoms with Gasteiger partial charge in [0.1, 0.15) is 17.4 Å². The highest BCUT2D eigenvalue weighted by atomic mass is 35.5. The number of pyridine rings is 1. The lowest BCUT2D eigenvalue weighted by atomic mass is 10.0. The molecule has 2 aromatic heterocycles. The second kappa shape index (κ2) is 8.66. The lowest BCUT2D eigenvalue weighted by Crippen LogP contribution is -2.38. The van der Waals surface area contributed by atoms with Crippen molar-refractivity contribution in [1.82, 2.24) is 14.9 Å². The van der Waals surface area contributed by atoms with Crippen LogP contribution in [0.5, 0.6) is 5.88 Å². The molecule has 1 aromatic carbocycles. The van der Waals surface area contributed by atoms with Crippen molar-refractivity contribution in [1.29, 1.82) is 0 Å². The molecular formula is C22H22ClN3O3. The number of benzene rings is 1. The first-order valence-electron chi connectivity index (χ1n) is 9.64. The predicted octanol–water partition coefficient (Wildman–Crippen LogP) is 4.69. The molecular weight excluding hydrogens is 390 g/mol. The Morgan fingerprint density at radius 2 is 2.17 bits per heavy atom. The van der Waals surface area contributed by atoms with Gasteiger partial charge in [-0.2, -0.15) is 0 Å². The third-order valence-electron chi connectivity index (χ3n) is 5.08. The van der Waals surface area contributed by atoms with E-state index in [1.165, 1.54) is 7.11 Å². The van der Waals surface area contributed by atoms with Crippen LogP contribution in [0, 0.1) is 0 Å². The molecule has 0 spiro atoms. The van der Waals surface area contributed by atoms with Crippen molar-refractivity contribution in [3.05, 3.63) is 76.6 Å². The molecule has 0 N–H and O–H groups in total. The number of ether oxygens (including phenoxy) is 1. The van der Waals surface area contributed by atoms with Crippen LogP contribution in [0.15, 0.2) is 53.2 Å². The first-order valence-corrected chi connectivity index (χ1v) is 10.0. The number of oxazole rings is 1. The topological polar surface area (TPSA) is 68.5 Å². The van der Waals surface area contributed by atoms with Gasteiger partial charge in [0.2, 0.25) is 11.8 Å². The summed E-state index contributed by atoms with van der Waals surface area (Å²) in [7, 11) is 1.52. The Bertz CT molecular complexity index is 1000. The molecule has 0 bridgehead atoms. The summed E-state index contributed by atoms with van der Waals surface area (Å²) >= 11 is 6.07. The zero-order valence-electron chi connectivity index (χ0n) is 16.2. The summed E-state index contributed by atoms with van der Waals surface area (Å²) in [6.45, 7) is 0.646. The van der Waals surface area contributed by atoms with Gasteiger partial charge in [-0.3, -0.25) is 4.79 Å². The number of piperidine rings is 1. The maximum atomic E-state index is 13.2. The number of carbonyl (C=O) groups excluding carboxylic acids is 1. The fraction of sp³-hybridized carbons (Fsp3) is 0.318. The number of hydrogen-bond donors (Lipinski definition) is 0. The number of nitrogens with zero attached hydrogens (tertiary/aromatic N) is 3. The van der Waals surface area contributed by atoms with E-state index >= 15 is 0 Å². The minimum atomic E-state index is -0.200. The molecule has 3 heterocycles. The number of methoxy groups -OCH3 is 1. The number of amides is 1. The maximum absolute atomic E-state index is 13.2. The fourth-order valence-corrected chi connectivity index (χ4v) is 3.92. The molecule has 4 rings (SSSR count). The average Bonchev–Trinajstić information content (AvgIpc) is 3.21. The molecule has 6 nitrogen and oxygen atoms in total. The predicted molar refractivity (Wildman–Crippen MR) is 109 cm³/mol. The molecule has 1 aliphatic heterocycles. The highest BCUT2D eigenvalue weighted by Gasteiger charge is 2.33. The van der Waals surface area contributed by atoms with Crippen LogP contribution < -0.4 is 4.74 Å². The Balaban J connectivity index is 1.56.